The van der Waals surface area contributed by atoms with Crippen LogP contribution in [0.1, 0.15) is 0 Å². The Hall–Kier alpha value is -2.19. The summed E-state index contributed by atoms with van der Waals surface area (Å²) >= 11 is 11.5. The van der Waals surface area contributed by atoms with Crippen LogP contribution in [-0.2, 0) is 6.67 Å². The average Bonchev–Trinajstić information content (AvgIpc) is 3.11. The number of hydrogen-bond acceptors (Lipinski definition) is 5. The quantitative estimate of drug-likeness (QED) is 0.535. The molecule has 29 heavy (non-hydrogen) atoms. The van der Waals surface area contributed by atoms with Gasteiger partial charge in [0.2, 0.25) is 4.77 Å². The molecular weight excluding hydrogens is 406 g/mol. The van der Waals surface area contributed by atoms with Gasteiger partial charge in [-0.25, -0.2) is 4.68 Å². The molecule has 0 saturated carbocycles. The van der Waals surface area contributed by atoms with Crippen molar-refractivity contribution in [3.8, 4) is 11.4 Å². The maximum Gasteiger partial charge on any atom is 0.203 e. The summed E-state index contributed by atoms with van der Waals surface area (Å²) in [7, 11) is 0. The molecule has 3 aromatic rings. The third kappa shape index (κ3) is 5.25. The third-order valence-electron chi connectivity index (χ3n) is 5.06. The third-order valence-corrected chi connectivity index (χ3v) is 5.72. The number of halogens is 1. The fourth-order valence-electron chi connectivity index (χ4n) is 3.37. The fourth-order valence-corrected chi connectivity index (χ4v) is 3.75. The molecule has 1 aliphatic heterocycles. The molecule has 4 rings (SSSR count). The number of benzene rings is 2. The van der Waals surface area contributed by atoms with Crippen LogP contribution in [-0.4, -0.2) is 63.5 Å². The standard InChI is InChI=1S/C21H24ClN5OS/c22-18-6-8-20(9-7-18)28-15-14-24-10-12-25(13-11-24)17-27-21(29)26(16-23-27)19-4-2-1-3-5-19/h1-9,16H,10-15,17H2. The monoisotopic (exact) mass is 429 g/mol. The van der Waals surface area contributed by atoms with E-state index in [2.05, 4.69) is 14.9 Å². The first-order valence-corrected chi connectivity index (χ1v) is 10.5. The SMILES string of the molecule is S=c1n(-c2ccccc2)cnn1CN1CCN(CCOc2ccc(Cl)cc2)CC1. The molecule has 0 amide bonds. The molecule has 0 N–H and O–H groups in total. The van der Waals surface area contributed by atoms with E-state index in [1.54, 1.807) is 6.33 Å². The van der Waals surface area contributed by atoms with Gasteiger partial charge in [0.15, 0.2) is 0 Å². The molecule has 0 aliphatic carbocycles. The van der Waals surface area contributed by atoms with Crippen molar-refractivity contribution in [1.82, 2.24) is 24.1 Å². The normalized spacial score (nSPS) is 15.5. The lowest BCUT2D eigenvalue weighted by Gasteiger charge is -2.34. The highest BCUT2D eigenvalue weighted by molar-refractivity contribution is 7.71. The summed E-state index contributed by atoms with van der Waals surface area (Å²) in [5.74, 6) is 0.858. The van der Waals surface area contributed by atoms with Gasteiger partial charge in [-0.05, 0) is 48.6 Å². The van der Waals surface area contributed by atoms with Crippen LogP contribution >= 0.6 is 23.8 Å². The van der Waals surface area contributed by atoms with E-state index in [1.165, 1.54) is 0 Å². The molecule has 0 unspecified atom stereocenters. The van der Waals surface area contributed by atoms with Crippen LogP contribution in [0.5, 0.6) is 5.75 Å². The highest BCUT2D eigenvalue weighted by atomic mass is 35.5. The Kier molecular flexibility index (Phi) is 6.61. The molecule has 0 bridgehead atoms. The van der Waals surface area contributed by atoms with Crippen LogP contribution in [0.3, 0.4) is 0 Å². The predicted octanol–water partition coefficient (Wildman–Crippen LogP) is 3.71. The summed E-state index contributed by atoms with van der Waals surface area (Å²) in [4.78, 5) is 4.81. The van der Waals surface area contributed by atoms with Gasteiger partial charge >= 0.3 is 0 Å². The highest BCUT2D eigenvalue weighted by Gasteiger charge is 2.18. The van der Waals surface area contributed by atoms with Crippen molar-refractivity contribution < 1.29 is 4.74 Å². The van der Waals surface area contributed by atoms with Gasteiger partial charge in [0.25, 0.3) is 0 Å². The molecule has 0 atom stereocenters. The number of aromatic nitrogens is 3. The minimum absolute atomic E-state index is 0.675. The molecule has 1 fully saturated rings. The van der Waals surface area contributed by atoms with E-state index < -0.39 is 0 Å². The zero-order valence-electron chi connectivity index (χ0n) is 16.2. The van der Waals surface area contributed by atoms with Crippen LogP contribution in [0.2, 0.25) is 5.02 Å². The number of para-hydroxylation sites is 1. The summed E-state index contributed by atoms with van der Waals surface area (Å²) in [6.07, 6.45) is 1.79. The lowest BCUT2D eigenvalue weighted by atomic mass is 10.3. The zero-order chi connectivity index (χ0) is 20.1. The minimum atomic E-state index is 0.675. The van der Waals surface area contributed by atoms with E-state index in [9.17, 15) is 0 Å². The van der Waals surface area contributed by atoms with E-state index in [0.29, 0.717) is 13.3 Å². The van der Waals surface area contributed by atoms with Gasteiger partial charge in [-0.3, -0.25) is 14.4 Å². The average molecular weight is 430 g/mol. The Morgan fingerprint density at radius 1 is 0.931 bits per heavy atom. The first-order chi connectivity index (χ1) is 14.2. The Bertz CT molecular complexity index is 965. The van der Waals surface area contributed by atoms with Crippen LogP contribution in [0.25, 0.3) is 5.69 Å². The van der Waals surface area contributed by atoms with Crippen molar-refractivity contribution >= 4 is 23.8 Å². The molecule has 0 radical (unpaired) electrons. The topological polar surface area (TPSA) is 38.5 Å². The van der Waals surface area contributed by atoms with Crippen molar-refractivity contribution in [2.24, 2.45) is 0 Å². The number of nitrogens with zero attached hydrogens (tertiary/aromatic N) is 5. The van der Waals surface area contributed by atoms with Crippen LogP contribution in [0.4, 0.5) is 0 Å². The lowest BCUT2D eigenvalue weighted by molar-refractivity contribution is 0.0921. The lowest BCUT2D eigenvalue weighted by Crippen LogP contribution is -2.47. The number of rotatable bonds is 7. The molecule has 1 aliphatic rings. The summed E-state index contributed by atoms with van der Waals surface area (Å²) in [5.41, 5.74) is 1.04. The van der Waals surface area contributed by atoms with Crippen LogP contribution < -0.4 is 4.74 Å². The van der Waals surface area contributed by atoms with Crippen molar-refractivity contribution in [1.29, 1.82) is 0 Å². The first-order valence-electron chi connectivity index (χ1n) is 9.72. The van der Waals surface area contributed by atoms with Gasteiger partial charge in [0, 0.05) is 43.4 Å². The van der Waals surface area contributed by atoms with E-state index in [0.717, 1.165) is 54.0 Å². The maximum absolute atomic E-state index is 5.90. The Morgan fingerprint density at radius 2 is 1.62 bits per heavy atom. The van der Waals surface area contributed by atoms with Gasteiger partial charge in [-0.15, -0.1) is 0 Å². The van der Waals surface area contributed by atoms with Crippen LogP contribution in [0.15, 0.2) is 60.9 Å². The van der Waals surface area contributed by atoms with Gasteiger partial charge < -0.3 is 4.74 Å². The number of ether oxygens (including phenoxy) is 1. The van der Waals surface area contributed by atoms with Gasteiger partial charge in [-0.2, -0.15) is 5.10 Å². The summed E-state index contributed by atoms with van der Waals surface area (Å²) < 4.78 is 10.4. The van der Waals surface area contributed by atoms with Gasteiger partial charge in [0.1, 0.15) is 18.7 Å². The smallest absolute Gasteiger partial charge is 0.203 e. The molecule has 2 heterocycles. The largest absolute Gasteiger partial charge is 0.492 e. The van der Waals surface area contributed by atoms with E-state index in [1.807, 2.05) is 63.8 Å². The second-order valence-corrected chi connectivity index (χ2v) is 7.82. The summed E-state index contributed by atoms with van der Waals surface area (Å²) in [6, 6.07) is 17.6. The highest BCUT2D eigenvalue weighted by Crippen LogP contribution is 2.15. The number of hydrogen-bond donors (Lipinski definition) is 0. The molecule has 1 saturated heterocycles. The van der Waals surface area contributed by atoms with Gasteiger partial charge in [-0.1, -0.05) is 29.8 Å². The summed E-state index contributed by atoms with van der Waals surface area (Å²) in [6.45, 7) is 6.30. The molecule has 0 spiro atoms. The molecule has 8 heteroatoms. The first kappa shape index (κ1) is 20.1. The number of piperazine rings is 1. The second-order valence-electron chi connectivity index (χ2n) is 7.02. The van der Waals surface area contributed by atoms with Crippen molar-refractivity contribution in [2.75, 3.05) is 39.3 Å². The van der Waals surface area contributed by atoms with Crippen molar-refractivity contribution in [3.63, 3.8) is 0 Å². The molecule has 6 nitrogen and oxygen atoms in total. The Labute approximate surface area is 180 Å². The molecular formula is C21H24ClN5OS. The Morgan fingerprint density at radius 3 is 2.34 bits per heavy atom. The van der Waals surface area contributed by atoms with Crippen LogP contribution in [0, 0.1) is 4.77 Å². The zero-order valence-corrected chi connectivity index (χ0v) is 17.7. The Balaban J connectivity index is 1.24. The molecule has 2 aromatic carbocycles. The van der Waals surface area contributed by atoms with Crippen molar-refractivity contribution in [3.05, 3.63) is 70.7 Å². The van der Waals surface area contributed by atoms with Gasteiger partial charge in [0.05, 0.1) is 6.67 Å². The minimum Gasteiger partial charge on any atom is -0.492 e. The van der Waals surface area contributed by atoms with E-state index in [4.69, 9.17) is 28.6 Å². The molecule has 1 aromatic heterocycles. The second kappa shape index (κ2) is 9.54. The van der Waals surface area contributed by atoms with Crippen molar-refractivity contribution in [2.45, 2.75) is 6.67 Å². The molecule has 152 valence electrons. The van der Waals surface area contributed by atoms with E-state index in [-0.39, 0.29) is 0 Å². The predicted molar refractivity (Wildman–Crippen MR) is 117 cm³/mol. The van der Waals surface area contributed by atoms with E-state index >= 15 is 0 Å². The fraction of sp³-hybridized carbons (Fsp3) is 0.333. The maximum atomic E-state index is 5.90. The summed E-state index contributed by atoms with van der Waals surface area (Å²) in [5, 5.41) is 5.21.